The van der Waals surface area contributed by atoms with Crippen LogP contribution < -0.4 is 10.2 Å². The number of hydrogen-bond acceptors (Lipinski definition) is 5. The number of carbonyl (C=O) groups excluding carboxylic acids is 1. The highest BCUT2D eigenvalue weighted by Crippen LogP contribution is 2.45. The van der Waals surface area contributed by atoms with Gasteiger partial charge in [0.15, 0.2) is 0 Å². The van der Waals surface area contributed by atoms with Gasteiger partial charge < -0.3 is 24.4 Å². The molecule has 0 saturated carbocycles. The van der Waals surface area contributed by atoms with E-state index in [4.69, 9.17) is 4.74 Å². The van der Waals surface area contributed by atoms with Gasteiger partial charge in [-0.05, 0) is 98.8 Å². The van der Waals surface area contributed by atoms with Gasteiger partial charge in [-0.25, -0.2) is 4.79 Å². The molecule has 3 heterocycles. The summed E-state index contributed by atoms with van der Waals surface area (Å²) >= 11 is 1.82. The number of anilines is 1. The fourth-order valence-electron chi connectivity index (χ4n) is 7.80. The van der Waals surface area contributed by atoms with Gasteiger partial charge in [0.05, 0.1) is 0 Å². The number of ether oxygens (including phenoxy) is 1. The fraction of sp³-hybridized carbons (Fsp3) is 0.425. The first kappa shape index (κ1) is 33.2. The van der Waals surface area contributed by atoms with E-state index >= 15 is 0 Å². The Morgan fingerprint density at radius 3 is 2.17 bits per heavy atom. The number of hydrogen-bond donors (Lipinski definition) is 1. The minimum absolute atomic E-state index is 0.138. The number of benzene rings is 3. The van der Waals surface area contributed by atoms with Crippen molar-refractivity contribution in [3.8, 4) is 0 Å². The normalized spacial score (nSPS) is 17.9. The van der Waals surface area contributed by atoms with Crippen LogP contribution in [0.2, 0.25) is 0 Å². The quantitative estimate of drug-likeness (QED) is 0.149. The summed E-state index contributed by atoms with van der Waals surface area (Å²) in [4.78, 5) is 20.2. The Morgan fingerprint density at radius 2 is 1.53 bits per heavy atom. The molecule has 1 amide bonds. The summed E-state index contributed by atoms with van der Waals surface area (Å²) in [6, 6.07) is 34.9. The Bertz CT molecular complexity index is 1500. The molecule has 47 heavy (non-hydrogen) atoms. The number of piperidine rings is 1. The SMILES string of the molecule is CCCC(CC(Cn1cccc1)(c1ccccc1)C1CCN(CC2CN(c3ccc(Sc4ccccc4)cc3)C2)CC1)OC(=O)NC. The number of alkyl carbamates (subject to hydrolysis) is 1. The van der Waals surface area contributed by atoms with Crippen LogP contribution in [-0.2, 0) is 16.7 Å². The number of rotatable bonds is 14. The molecule has 6 nitrogen and oxygen atoms in total. The minimum atomic E-state index is -0.335. The van der Waals surface area contributed by atoms with Crippen LogP contribution in [0.15, 0.2) is 119 Å². The summed E-state index contributed by atoms with van der Waals surface area (Å²) in [6.45, 7) is 8.70. The highest BCUT2D eigenvalue weighted by atomic mass is 32.2. The molecule has 1 aromatic heterocycles. The predicted octanol–water partition coefficient (Wildman–Crippen LogP) is 8.34. The van der Waals surface area contributed by atoms with E-state index in [2.05, 4.69) is 136 Å². The topological polar surface area (TPSA) is 49.7 Å². The largest absolute Gasteiger partial charge is 0.446 e. The van der Waals surface area contributed by atoms with Crippen LogP contribution in [-0.4, -0.2) is 61.4 Å². The summed E-state index contributed by atoms with van der Waals surface area (Å²) < 4.78 is 8.36. The first-order chi connectivity index (χ1) is 23.0. The molecule has 248 valence electrons. The molecule has 2 aliphatic heterocycles. The van der Waals surface area contributed by atoms with E-state index in [1.165, 1.54) is 27.6 Å². The van der Waals surface area contributed by atoms with Crippen LogP contribution >= 0.6 is 11.8 Å². The summed E-state index contributed by atoms with van der Waals surface area (Å²) in [6.07, 6.45) is 8.83. The van der Waals surface area contributed by atoms with Gasteiger partial charge in [0.25, 0.3) is 0 Å². The zero-order chi connectivity index (χ0) is 32.5. The zero-order valence-electron chi connectivity index (χ0n) is 28.0. The molecule has 2 atom stereocenters. The second-order valence-corrected chi connectivity index (χ2v) is 14.5. The van der Waals surface area contributed by atoms with Gasteiger partial charge in [-0.2, -0.15) is 0 Å². The Morgan fingerprint density at radius 1 is 0.894 bits per heavy atom. The lowest BCUT2D eigenvalue weighted by Gasteiger charge is -2.48. The number of aromatic nitrogens is 1. The van der Waals surface area contributed by atoms with E-state index in [9.17, 15) is 4.79 Å². The zero-order valence-corrected chi connectivity index (χ0v) is 28.8. The maximum atomic E-state index is 12.4. The van der Waals surface area contributed by atoms with E-state index < -0.39 is 0 Å². The van der Waals surface area contributed by atoms with Gasteiger partial charge in [-0.3, -0.25) is 0 Å². The number of nitrogens with one attached hydrogen (secondary N) is 1. The number of likely N-dealkylation sites (tertiary alicyclic amines) is 1. The number of amides is 1. The van der Waals surface area contributed by atoms with E-state index in [0.29, 0.717) is 11.8 Å². The molecule has 0 spiro atoms. The lowest BCUT2D eigenvalue weighted by molar-refractivity contribution is 0.0359. The molecule has 4 aromatic rings. The number of nitrogens with zero attached hydrogens (tertiary/aromatic N) is 3. The first-order valence-corrected chi connectivity index (χ1v) is 18.2. The van der Waals surface area contributed by atoms with E-state index in [1.807, 2.05) is 11.8 Å². The molecule has 2 unspecified atom stereocenters. The van der Waals surface area contributed by atoms with Gasteiger partial charge in [0.1, 0.15) is 6.10 Å². The molecule has 0 aliphatic carbocycles. The van der Waals surface area contributed by atoms with Crippen molar-refractivity contribution in [1.82, 2.24) is 14.8 Å². The van der Waals surface area contributed by atoms with Crippen molar-refractivity contribution in [2.75, 3.05) is 44.7 Å². The van der Waals surface area contributed by atoms with Crippen molar-refractivity contribution in [1.29, 1.82) is 0 Å². The van der Waals surface area contributed by atoms with Crippen LogP contribution in [0.3, 0.4) is 0 Å². The fourth-order valence-corrected chi connectivity index (χ4v) is 8.63. The van der Waals surface area contributed by atoms with Crippen molar-refractivity contribution < 1.29 is 9.53 Å². The summed E-state index contributed by atoms with van der Waals surface area (Å²) in [5.41, 5.74) is 2.55. The van der Waals surface area contributed by atoms with Crippen LogP contribution in [0.5, 0.6) is 0 Å². The van der Waals surface area contributed by atoms with Crippen LogP contribution in [0, 0.1) is 11.8 Å². The molecule has 7 heteroatoms. The van der Waals surface area contributed by atoms with Gasteiger partial charge >= 0.3 is 6.09 Å². The van der Waals surface area contributed by atoms with Crippen molar-refractivity contribution in [2.45, 2.75) is 66.9 Å². The smallest absolute Gasteiger partial charge is 0.407 e. The van der Waals surface area contributed by atoms with Crippen LogP contribution in [0.4, 0.5) is 10.5 Å². The predicted molar refractivity (Wildman–Crippen MR) is 193 cm³/mol. The average molecular weight is 651 g/mol. The van der Waals surface area contributed by atoms with Crippen LogP contribution in [0.25, 0.3) is 0 Å². The van der Waals surface area contributed by atoms with Crippen molar-refractivity contribution in [3.63, 3.8) is 0 Å². The van der Waals surface area contributed by atoms with Gasteiger partial charge in [-0.15, -0.1) is 0 Å². The maximum Gasteiger partial charge on any atom is 0.407 e. The van der Waals surface area contributed by atoms with Crippen molar-refractivity contribution >= 4 is 23.5 Å². The van der Waals surface area contributed by atoms with Gasteiger partial charge in [0, 0.05) is 72.4 Å². The molecule has 0 bridgehead atoms. The lowest BCUT2D eigenvalue weighted by Crippen LogP contribution is -2.54. The summed E-state index contributed by atoms with van der Waals surface area (Å²) in [5.74, 6) is 1.19. The minimum Gasteiger partial charge on any atom is -0.446 e. The van der Waals surface area contributed by atoms with E-state index in [0.717, 1.165) is 64.8 Å². The second kappa shape index (κ2) is 15.9. The third-order valence-corrected chi connectivity index (χ3v) is 11.2. The van der Waals surface area contributed by atoms with Gasteiger partial charge in [-0.1, -0.05) is 73.6 Å². The Kier molecular flexibility index (Phi) is 11.3. The Balaban J connectivity index is 1.09. The standard InChI is InChI=1S/C40H50N4O2S/c1-3-12-36(46-39(45)41-2)27-40(31-43-23-10-11-24-43,33-13-6-4-7-14-33)34-21-25-42(26-22-34)28-32-29-44(30-32)35-17-19-38(20-18-35)47-37-15-8-5-9-16-37/h4-11,13-20,23-24,32,34,36H,3,12,21-22,25-31H2,1-2H3,(H,41,45). The summed E-state index contributed by atoms with van der Waals surface area (Å²) in [5, 5.41) is 2.69. The van der Waals surface area contributed by atoms with E-state index in [-0.39, 0.29) is 17.6 Å². The average Bonchev–Trinajstić information content (AvgIpc) is 3.60. The van der Waals surface area contributed by atoms with Gasteiger partial charge in [0.2, 0.25) is 0 Å². The molecule has 6 rings (SSSR count). The summed E-state index contributed by atoms with van der Waals surface area (Å²) in [7, 11) is 1.65. The van der Waals surface area contributed by atoms with Crippen LogP contribution in [0.1, 0.15) is 44.6 Å². The second-order valence-electron chi connectivity index (χ2n) is 13.4. The first-order valence-electron chi connectivity index (χ1n) is 17.4. The highest BCUT2D eigenvalue weighted by molar-refractivity contribution is 7.99. The molecule has 1 N–H and O–H groups in total. The molecular formula is C40H50N4O2S. The number of carbonyl (C=O) groups is 1. The Hall–Kier alpha value is -3.68. The van der Waals surface area contributed by atoms with E-state index in [1.54, 1.807) is 7.05 Å². The molecule has 3 aromatic carbocycles. The van der Waals surface area contributed by atoms with Crippen molar-refractivity contribution in [3.05, 3.63) is 115 Å². The molecule has 2 aliphatic rings. The molecule has 2 saturated heterocycles. The molecule has 0 radical (unpaired) electrons. The highest BCUT2D eigenvalue weighted by Gasteiger charge is 2.44. The molecule has 2 fully saturated rings. The third kappa shape index (κ3) is 8.43. The van der Waals surface area contributed by atoms with Crippen molar-refractivity contribution in [2.24, 2.45) is 11.8 Å². The Labute approximate surface area is 285 Å². The third-order valence-electron chi connectivity index (χ3n) is 10.2. The maximum absolute atomic E-state index is 12.4. The monoisotopic (exact) mass is 650 g/mol. The molecular weight excluding hydrogens is 601 g/mol. The lowest BCUT2D eigenvalue weighted by atomic mass is 9.63.